The average Bonchev–Trinajstić information content (AvgIpc) is 3.23. The van der Waals surface area contributed by atoms with Crippen molar-refractivity contribution in [3.8, 4) is 11.4 Å². The van der Waals surface area contributed by atoms with Crippen LogP contribution in [0.3, 0.4) is 0 Å². The highest BCUT2D eigenvalue weighted by Gasteiger charge is 2.14. The normalized spacial score (nSPS) is 11.1. The number of tetrazole rings is 1. The fourth-order valence-corrected chi connectivity index (χ4v) is 4.40. The molecular weight excluding hydrogens is 366 g/mol. The van der Waals surface area contributed by atoms with Crippen LogP contribution in [0.25, 0.3) is 15.9 Å². The summed E-state index contributed by atoms with van der Waals surface area (Å²) in [5.41, 5.74) is 1.65. The largest absolute Gasteiger partial charge is 0.497 e. The van der Waals surface area contributed by atoms with Crippen molar-refractivity contribution in [3.63, 3.8) is 0 Å². The molecule has 0 unspecified atom stereocenters. The fraction of sp³-hybridized carbons (Fsp3) is 0.0667. The number of nitrogens with zero attached hydrogens (tertiary/aromatic N) is 5. The van der Waals surface area contributed by atoms with Gasteiger partial charge in [-0.15, -0.1) is 16.4 Å². The maximum atomic E-state index is 6.19. The number of fused-ring (bicyclic) bond motifs is 1. The van der Waals surface area contributed by atoms with Crippen LogP contribution in [-0.4, -0.2) is 32.3 Å². The minimum Gasteiger partial charge on any atom is -0.497 e. The van der Waals surface area contributed by atoms with Crippen molar-refractivity contribution in [2.45, 2.75) is 9.50 Å². The molecule has 0 spiro atoms. The minimum absolute atomic E-state index is 0.635. The average molecular weight is 376 g/mol. The number of hydrogen-bond donors (Lipinski definition) is 0. The van der Waals surface area contributed by atoms with Crippen molar-refractivity contribution in [2.24, 2.45) is 0 Å². The highest BCUT2D eigenvalue weighted by atomic mass is 35.5. The van der Waals surface area contributed by atoms with Gasteiger partial charge in [0.1, 0.15) is 11.3 Å². The molecule has 2 aromatic heterocycles. The second-order valence-electron chi connectivity index (χ2n) is 4.74. The molecule has 4 rings (SSSR count). The molecule has 4 aromatic rings. The predicted molar refractivity (Wildman–Crippen MR) is 94.5 cm³/mol. The van der Waals surface area contributed by atoms with E-state index in [-0.39, 0.29) is 0 Å². The summed E-state index contributed by atoms with van der Waals surface area (Å²) in [5, 5.41) is 13.2. The van der Waals surface area contributed by atoms with E-state index in [0.717, 1.165) is 26.0 Å². The molecule has 24 heavy (non-hydrogen) atoms. The van der Waals surface area contributed by atoms with Gasteiger partial charge in [-0.2, -0.15) is 4.68 Å². The third-order valence-corrected chi connectivity index (χ3v) is 5.61. The van der Waals surface area contributed by atoms with Crippen molar-refractivity contribution in [1.29, 1.82) is 0 Å². The molecular formula is C15H10ClN5OS2. The molecule has 2 aromatic carbocycles. The van der Waals surface area contributed by atoms with Crippen LogP contribution >= 0.6 is 34.7 Å². The molecule has 6 nitrogen and oxygen atoms in total. The SMILES string of the molecule is COc1ccc(-n2nnnc2Sc2nc3c(Cl)cccc3s2)cc1. The lowest BCUT2D eigenvalue weighted by Gasteiger charge is -2.04. The van der Waals surface area contributed by atoms with Gasteiger partial charge in [-0.25, -0.2) is 4.98 Å². The molecule has 2 heterocycles. The van der Waals surface area contributed by atoms with E-state index < -0.39 is 0 Å². The zero-order chi connectivity index (χ0) is 16.5. The molecule has 0 aliphatic carbocycles. The van der Waals surface area contributed by atoms with E-state index in [9.17, 15) is 0 Å². The minimum atomic E-state index is 0.635. The number of benzene rings is 2. The summed E-state index contributed by atoms with van der Waals surface area (Å²) >= 11 is 9.15. The number of thiazole rings is 1. The molecule has 0 fully saturated rings. The Morgan fingerprint density at radius 3 is 2.75 bits per heavy atom. The van der Waals surface area contributed by atoms with Gasteiger partial charge in [0.2, 0.25) is 5.16 Å². The van der Waals surface area contributed by atoms with Crippen LogP contribution in [0.15, 0.2) is 52.0 Å². The van der Waals surface area contributed by atoms with Gasteiger partial charge in [-0.3, -0.25) is 0 Å². The summed E-state index contributed by atoms with van der Waals surface area (Å²) in [6.45, 7) is 0. The van der Waals surface area contributed by atoms with Gasteiger partial charge in [0.15, 0.2) is 4.34 Å². The Morgan fingerprint density at radius 2 is 2.00 bits per heavy atom. The van der Waals surface area contributed by atoms with Gasteiger partial charge in [-0.05, 0) is 58.6 Å². The molecule has 9 heteroatoms. The van der Waals surface area contributed by atoms with Crippen LogP contribution in [0, 0.1) is 0 Å². The van der Waals surface area contributed by atoms with Crippen LogP contribution in [-0.2, 0) is 0 Å². The van der Waals surface area contributed by atoms with Crippen LogP contribution in [0.4, 0.5) is 0 Å². The van der Waals surface area contributed by atoms with Crippen molar-refractivity contribution < 1.29 is 4.74 Å². The van der Waals surface area contributed by atoms with Gasteiger partial charge in [-0.1, -0.05) is 17.7 Å². The third-order valence-electron chi connectivity index (χ3n) is 3.29. The first-order valence-corrected chi connectivity index (χ1v) is 8.91. The van der Waals surface area contributed by atoms with E-state index in [2.05, 4.69) is 20.5 Å². The van der Waals surface area contributed by atoms with Crippen molar-refractivity contribution in [2.75, 3.05) is 7.11 Å². The quantitative estimate of drug-likeness (QED) is 0.535. The van der Waals surface area contributed by atoms with Crippen LogP contribution in [0.1, 0.15) is 0 Å². The lowest BCUT2D eigenvalue weighted by atomic mass is 10.3. The Kier molecular flexibility index (Phi) is 4.09. The summed E-state index contributed by atoms with van der Waals surface area (Å²) in [5.74, 6) is 0.779. The van der Waals surface area contributed by atoms with Gasteiger partial charge < -0.3 is 4.74 Å². The van der Waals surface area contributed by atoms with Crippen LogP contribution in [0.5, 0.6) is 5.75 Å². The molecule has 0 atom stereocenters. The second kappa shape index (κ2) is 6.39. The zero-order valence-corrected chi connectivity index (χ0v) is 14.8. The van der Waals surface area contributed by atoms with E-state index in [1.165, 1.54) is 11.8 Å². The maximum Gasteiger partial charge on any atom is 0.221 e. The molecule has 0 aliphatic rings. The highest BCUT2D eigenvalue weighted by Crippen LogP contribution is 2.36. The molecule has 0 saturated carbocycles. The number of halogens is 1. The third kappa shape index (κ3) is 2.83. The Hall–Kier alpha value is -2.16. The Morgan fingerprint density at radius 1 is 1.17 bits per heavy atom. The first-order chi connectivity index (χ1) is 11.7. The van der Waals surface area contributed by atoms with Crippen LogP contribution < -0.4 is 4.74 Å². The van der Waals surface area contributed by atoms with Gasteiger partial charge >= 0.3 is 0 Å². The van der Waals surface area contributed by atoms with E-state index in [1.54, 1.807) is 23.1 Å². The predicted octanol–water partition coefficient (Wildman–Crippen LogP) is 4.09. The van der Waals surface area contributed by atoms with Crippen molar-refractivity contribution in [3.05, 3.63) is 47.5 Å². The second-order valence-corrected chi connectivity index (χ2v) is 7.39. The number of rotatable bonds is 4. The molecule has 0 bridgehead atoms. The molecule has 0 amide bonds. The highest BCUT2D eigenvalue weighted by molar-refractivity contribution is 8.01. The molecule has 120 valence electrons. The molecule has 0 aliphatic heterocycles. The van der Waals surface area contributed by atoms with E-state index in [1.807, 2.05) is 42.5 Å². The lowest BCUT2D eigenvalue weighted by molar-refractivity contribution is 0.414. The van der Waals surface area contributed by atoms with Gasteiger partial charge in [0, 0.05) is 0 Å². The lowest BCUT2D eigenvalue weighted by Crippen LogP contribution is -1.98. The summed E-state index contributed by atoms with van der Waals surface area (Å²) in [4.78, 5) is 4.57. The van der Waals surface area contributed by atoms with E-state index in [0.29, 0.717) is 10.2 Å². The number of ether oxygens (including phenoxy) is 1. The molecule has 0 radical (unpaired) electrons. The van der Waals surface area contributed by atoms with Crippen molar-refractivity contribution in [1.82, 2.24) is 25.2 Å². The number of methoxy groups -OCH3 is 1. The Labute approximate surface area is 150 Å². The summed E-state index contributed by atoms with van der Waals surface area (Å²) in [6.07, 6.45) is 0. The van der Waals surface area contributed by atoms with Crippen LogP contribution in [0.2, 0.25) is 5.02 Å². The summed E-state index contributed by atoms with van der Waals surface area (Å²) < 4.78 is 8.71. The first kappa shape index (κ1) is 15.4. The smallest absolute Gasteiger partial charge is 0.221 e. The first-order valence-electron chi connectivity index (χ1n) is 6.90. The maximum absolute atomic E-state index is 6.19. The number of para-hydroxylation sites is 1. The monoisotopic (exact) mass is 375 g/mol. The fourth-order valence-electron chi connectivity index (χ4n) is 2.14. The standard InChI is InChI=1S/C15H10ClN5OS2/c1-22-10-7-5-9(6-8-10)21-14(18-19-20-21)24-15-17-13-11(16)3-2-4-12(13)23-15/h2-8H,1H3. The number of hydrogen-bond acceptors (Lipinski definition) is 7. The van der Waals surface area contributed by atoms with Gasteiger partial charge in [0.05, 0.1) is 22.5 Å². The molecule has 0 saturated heterocycles. The van der Waals surface area contributed by atoms with E-state index >= 15 is 0 Å². The topological polar surface area (TPSA) is 65.7 Å². The van der Waals surface area contributed by atoms with Gasteiger partial charge in [0.25, 0.3) is 0 Å². The van der Waals surface area contributed by atoms with E-state index in [4.69, 9.17) is 16.3 Å². The zero-order valence-electron chi connectivity index (χ0n) is 12.4. The Balaban J connectivity index is 1.67. The molecule has 0 N–H and O–H groups in total. The Bertz CT molecular complexity index is 999. The van der Waals surface area contributed by atoms with Crippen molar-refractivity contribution >= 4 is 44.9 Å². The summed E-state index contributed by atoms with van der Waals surface area (Å²) in [7, 11) is 1.63. The summed E-state index contributed by atoms with van der Waals surface area (Å²) in [6, 6.07) is 13.3. The number of aromatic nitrogens is 5.